The molecule has 3 N–H and O–H groups in total. The van der Waals surface area contributed by atoms with Gasteiger partial charge in [0.25, 0.3) is 0 Å². The highest BCUT2D eigenvalue weighted by atomic mass is 35.5. The molecule has 0 heterocycles. The van der Waals surface area contributed by atoms with Gasteiger partial charge in [-0.25, -0.2) is 0 Å². The first kappa shape index (κ1) is 17.0. The lowest BCUT2D eigenvalue weighted by atomic mass is 9.99. The molecule has 0 radical (unpaired) electrons. The molecule has 0 bridgehead atoms. The zero-order valence-electron chi connectivity index (χ0n) is 12.1. The van der Waals surface area contributed by atoms with E-state index in [1.54, 1.807) is 0 Å². The standard InChI is InChI=1S/C16H24N2O.ClH/c1-12(17)13-8-10-15(11-9-13)18-16(19)14-6-4-2-3-5-7-14;/h8-12,14H,2-7,17H2,1H3,(H,18,19);1H. The maximum atomic E-state index is 12.2. The zero-order valence-corrected chi connectivity index (χ0v) is 12.9. The molecule has 4 heteroatoms. The van der Waals surface area contributed by atoms with Gasteiger partial charge in [-0.15, -0.1) is 12.4 Å². The molecule has 1 aromatic carbocycles. The van der Waals surface area contributed by atoms with Crippen molar-refractivity contribution in [2.24, 2.45) is 11.7 Å². The van der Waals surface area contributed by atoms with E-state index in [4.69, 9.17) is 5.73 Å². The second-order valence-electron chi connectivity index (χ2n) is 5.59. The average molecular weight is 297 g/mol. The second kappa shape index (κ2) is 8.28. The Bertz CT molecular complexity index is 409. The molecule has 20 heavy (non-hydrogen) atoms. The van der Waals surface area contributed by atoms with Gasteiger partial charge >= 0.3 is 0 Å². The van der Waals surface area contributed by atoms with E-state index in [0.717, 1.165) is 24.1 Å². The van der Waals surface area contributed by atoms with Gasteiger partial charge in [0.15, 0.2) is 0 Å². The van der Waals surface area contributed by atoms with Crippen LogP contribution in [-0.2, 0) is 4.79 Å². The third-order valence-corrected chi connectivity index (χ3v) is 3.93. The van der Waals surface area contributed by atoms with E-state index in [-0.39, 0.29) is 30.3 Å². The van der Waals surface area contributed by atoms with Gasteiger partial charge in [0.2, 0.25) is 5.91 Å². The van der Waals surface area contributed by atoms with Gasteiger partial charge < -0.3 is 11.1 Å². The van der Waals surface area contributed by atoms with Crippen LogP contribution < -0.4 is 11.1 Å². The summed E-state index contributed by atoms with van der Waals surface area (Å²) in [6.07, 6.45) is 6.97. The number of carbonyl (C=O) groups excluding carboxylic acids is 1. The molecule has 1 aromatic rings. The summed E-state index contributed by atoms with van der Waals surface area (Å²) in [6, 6.07) is 7.87. The van der Waals surface area contributed by atoms with Gasteiger partial charge in [0, 0.05) is 17.6 Å². The minimum absolute atomic E-state index is 0. The Morgan fingerprint density at radius 3 is 2.20 bits per heavy atom. The average Bonchev–Trinajstić information content (AvgIpc) is 2.68. The van der Waals surface area contributed by atoms with E-state index in [9.17, 15) is 4.79 Å². The SMILES string of the molecule is CC(N)c1ccc(NC(=O)C2CCCCCC2)cc1.Cl. The Kier molecular flexibility index (Phi) is 7.03. The highest BCUT2D eigenvalue weighted by molar-refractivity contribution is 5.92. The van der Waals surface area contributed by atoms with E-state index in [2.05, 4.69) is 5.32 Å². The van der Waals surface area contributed by atoms with E-state index in [1.807, 2.05) is 31.2 Å². The van der Waals surface area contributed by atoms with Crippen LogP contribution in [0.4, 0.5) is 5.69 Å². The first-order valence-electron chi connectivity index (χ1n) is 7.33. The molecule has 1 atom stereocenters. The van der Waals surface area contributed by atoms with Crippen LogP contribution in [0.25, 0.3) is 0 Å². The van der Waals surface area contributed by atoms with Gasteiger partial charge in [0.1, 0.15) is 0 Å². The predicted octanol–water partition coefficient (Wildman–Crippen LogP) is 4.04. The van der Waals surface area contributed by atoms with Crippen LogP contribution in [0.15, 0.2) is 24.3 Å². The topological polar surface area (TPSA) is 55.1 Å². The van der Waals surface area contributed by atoms with Crippen LogP contribution in [0.1, 0.15) is 57.1 Å². The number of amides is 1. The fourth-order valence-corrected chi connectivity index (χ4v) is 2.66. The van der Waals surface area contributed by atoms with Crippen molar-refractivity contribution in [3.8, 4) is 0 Å². The summed E-state index contributed by atoms with van der Waals surface area (Å²) in [6.45, 7) is 1.96. The monoisotopic (exact) mass is 296 g/mol. The predicted molar refractivity (Wildman–Crippen MR) is 86.1 cm³/mol. The van der Waals surface area contributed by atoms with Crippen molar-refractivity contribution in [1.29, 1.82) is 0 Å². The number of nitrogens with two attached hydrogens (primary N) is 1. The highest BCUT2D eigenvalue weighted by Crippen LogP contribution is 2.24. The molecule has 0 saturated heterocycles. The van der Waals surface area contributed by atoms with E-state index in [0.29, 0.717) is 0 Å². The second-order valence-corrected chi connectivity index (χ2v) is 5.59. The van der Waals surface area contributed by atoms with Crippen LogP contribution >= 0.6 is 12.4 Å². The molecule has 112 valence electrons. The maximum absolute atomic E-state index is 12.2. The minimum atomic E-state index is 0. The molecule has 1 fully saturated rings. The Hall–Kier alpha value is -1.06. The van der Waals surface area contributed by atoms with E-state index >= 15 is 0 Å². The van der Waals surface area contributed by atoms with E-state index in [1.165, 1.54) is 25.7 Å². The molecule has 3 nitrogen and oxygen atoms in total. The molecule has 2 rings (SSSR count). The quantitative estimate of drug-likeness (QED) is 0.827. The summed E-state index contributed by atoms with van der Waals surface area (Å²) in [5.41, 5.74) is 7.78. The normalized spacial score (nSPS) is 17.7. The number of hydrogen-bond donors (Lipinski definition) is 2. The number of benzene rings is 1. The fraction of sp³-hybridized carbons (Fsp3) is 0.562. The van der Waals surface area contributed by atoms with Gasteiger partial charge in [-0.05, 0) is 37.5 Å². The number of rotatable bonds is 3. The van der Waals surface area contributed by atoms with Crippen molar-refractivity contribution in [3.63, 3.8) is 0 Å². The molecule has 1 aliphatic carbocycles. The molecule has 1 amide bonds. The van der Waals surface area contributed by atoms with Crippen molar-refractivity contribution >= 4 is 24.0 Å². The van der Waals surface area contributed by atoms with Crippen LogP contribution in [0.5, 0.6) is 0 Å². The molecular weight excluding hydrogens is 272 g/mol. The van der Waals surface area contributed by atoms with Crippen LogP contribution in [-0.4, -0.2) is 5.91 Å². The summed E-state index contributed by atoms with van der Waals surface area (Å²) in [4.78, 5) is 12.2. The molecule has 1 aliphatic rings. The van der Waals surface area contributed by atoms with E-state index < -0.39 is 0 Å². The first-order chi connectivity index (χ1) is 9.16. The highest BCUT2D eigenvalue weighted by Gasteiger charge is 2.19. The fourth-order valence-electron chi connectivity index (χ4n) is 2.66. The van der Waals surface area contributed by atoms with Gasteiger partial charge in [-0.2, -0.15) is 0 Å². The summed E-state index contributed by atoms with van der Waals surface area (Å²) < 4.78 is 0. The Balaban J connectivity index is 0.00000200. The summed E-state index contributed by atoms with van der Waals surface area (Å²) >= 11 is 0. The lowest BCUT2D eigenvalue weighted by Gasteiger charge is -2.14. The molecule has 0 aliphatic heterocycles. The van der Waals surface area contributed by atoms with Crippen molar-refractivity contribution < 1.29 is 4.79 Å². The Morgan fingerprint density at radius 1 is 1.15 bits per heavy atom. The number of carbonyl (C=O) groups is 1. The number of nitrogens with one attached hydrogen (secondary N) is 1. The smallest absolute Gasteiger partial charge is 0.227 e. The van der Waals surface area contributed by atoms with Crippen molar-refractivity contribution in [3.05, 3.63) is 29.8 Å². The molecule has 0 aromatic heterocycles. The lowest BCUT2D eigenvalue weighted by molar-refractivity contribution is -0.120. The van der Waals surface area contributed by atoms with Crippen molar-refractivity contribution in [2.45, 2.75) is 51.5 Å². The third kappa shape index (κ3) is 4.80. The maximum Gasteiger partial charge on any atom is 0.227 e. The van der Waals surface area contributed by atoms with Crippen molar-refractivity contribution in [2.75, 3.05) is 5.32 Å². The zero-order chi connectivity index (χ0) is 13.7. The number of halogens is 1. The van der Waals surface area contributed by atoms with Gasteiger partial charge in [-0.1, -0.05) is 37.8 Å². The summed E-state index contributed by atoms with van der Waals surface area (Å²) in [7, 11) is 0. The largest absolute Gasteiger partial charge is 0.326 e. The lowest BCUT2D eigenvalue weighted by Crippen LogP contribution is -2.22. The third-order valence-electron chi connectivity index (χ3n) is 3.93. The van der Waals surface area contributed by atoms with Gasteiger partial charge in [0.05, 0.1) is 0 Å². The molecule has 0 spiro atoms. The summed E-state index contributed by atoms with van der Waals surface area (Å²) in [5.74, 6) is 0.367. The van der Waals surface area contributed by atoms with Crippen molar-refractivity contribution in [1.82, 2.24) is 0 Å². The van der Waals surface area contributed by atoms with Crippen LogP contribution in [0, 0.1) is 5.92 Å². The molecule has 1 saturated carbocycles. The Labute approximate surface area is 127 Å². The van der Waals surface area contributed by atoms with Crippen LogP contribution in [0.3, 0.4) is 0 Å². The number of anilines is 1. The first-order valence-corrected chi connectivity index (χ1v) is 7.33. The summed E-state index contributed by atoms with van der Waals surface area (Å²) in [5, 5.41) is 3.03. The molecular formula is C16H25ClN2O. The Morgan fingerprint density at radius 2 is 1.70 bits per heavy atom. The minimum Gasteiger partial charge on any atom is -0.326 e. The number of hydrogen-bond acceptors (Lipinski definition) is 2. The van der Waals surface area contributed by atoms with Gasteiger partial charge in [-0.3, -0.25) is 4.79 Å². The van der Waals surface area contributed by atoms with Crippen LogP contribution in [0.2, 0.25) is 0 Å². The molecule has 1 unspecified atom stereocenters.